The van der Waals surface area contributed by atoms with Gasteiger partial charge in [-0.3, -0.25) is 0 Å². The minimum Gasteiger partial charge on any atom is -0.388 e. The minimum absolute atomic E-state index is 0.0379. The SMILES string of the molecule is OC(Cc1cccc(F)c1Cl)c1cc(F)cc(Cl)c1. The maximum atomic E-state index is 13.3. The van der Waals surface area contributed by atoms with Crippen molar-refractivity contribution in [1.82, 2.24) is 0 Å². The van der Waals surface area contributed by atoms with Crippen LogP contribution in [0, 0.1) is 11.6 Å². The van der Waals surface area contributed by atoms with Crippen LogP contribution in [0.5, 0.6) is 0 Å². The number of hydrogen-bond acceptors (Lipinski definition) is 1. The molecule has 0 bridgehead atoms. The van der Waals surface area contributed by atoms with Crippen LogP contribution < -0.4 is 0 Å². The lowest BCUT2D eigenvalue weighted by atomic mass is 10.0. The fourth-order valence-corrected chi connectivity index (χ4v) is 2.23. The first kappa shape index (κ1) is 14.3. The van der Waals surface area contributed by atoms with Crippen LogP contribution in [0.3, 0.4) is 0 Å². The molecule has 0 saturated heterocycles. The van der Waals surface area contributed by atoms with E-state index in [9.17, 15) is 13.9 Å². The molecule has 0 aliphatic heterocycles. The summed E-state index contributed by atoms with van der Waals surface area (Å²) in [6, 6.07) is 8.13. The third-order valence-electron chi connectivity index (χ3n) is 2.71. The van der Waals surface area contributed by atoms with E-state index in [1.165, 1.54) is 24.3 Å². The van der Waals surface area contributed by atoms with Gasteiger partial charge in [0, 0.05) is 11.4 Å². The predicted molar refractivity (Wildman–Crippen MR) is 71.5 cm³/mol. The normalized spacial score (nSPS) is 12.5. The molecule has 0 saturated carbocycles. The summed E-state index contributed by atoms with van der Waals surface area (Å²) in [5.41, 5.74) is 0.778. The summed E-state index contributed by atoms with van der Waals surface area (Å²) in [5.74, 6) is -1.09. The van der Waals surface area contributed by atoms with E-state index in [0.29, 0.717) is 11.1 Å². The first-order valence-corrected chi connectivity index (χ1v) is 6.30. The van der Waals surface area contributed by atoms with Gasteiger partial charge in [0.15, 0.2) is 0 Å². The van der Waals surface area contributed by atoms with Gasteiger partial charge in [0.25, 0.3) is 0 Å². The largest absolute Gasteiger partial charge is 0.388 e. The van der Waals surface area contributed by atoms with E-state index in [4.69, 9.17) is 23.2 Å². The first-order valence-electron chi connectivity index (χ1n) is 5.54. The average molecular weight is 303 g/mol. The highest BCUT2D eigenvalue weighted by molar-refractivity contribution is 6.31. The number of aliphatic hydroxyl groups excluding tert-OH is 1. The summed E-state index contributed by atoms with van der Waals surface area (Å²) in [6.45, 7) is 0. The zero-order valence-corrected chi connectivity index (χ0v) is 11.2. The van der Waals surface area contributed by atoms with Crippen molar-refractivity contribution in [1.29, 1.82) is 0 Å². The summed E-state index contributed by atoms with van der Waals surface area (Å²) < 4.78 is 26.5. The molecule has 0 amide bonds. The van der Waals surface area contributed by atoms with E-state index in [-0.39, 0.29) is 16.5 Å². The molecule has 1 atom stereocenters. The predicted octanol–water partition coefficient (Wildman–Crippen LogP) is 4.55. The maximum absolute atomic E-state index is 13.3. The lowest BCUT2D eigenvalue weighted by Gasteiger charge is -2.13. The van der Waals surface area contributed by atoms with Crippen LogP contribution in [0.1, 0.15) is 17.2 Å². The van der Waals surface area contributed by atoms with Crippen LogP contribution in [0.15, 0.2) is 36.4 Å². The molecular formula is C14H10Cl2F2O. The van der Waals surface area contributed by atoms with Crippen LogP contribution in [-0.4, -0.2) is 5.11 Å². The van der Waals surface area contributed by atoms with Crippen LogP contribution >= 0.6 is 23.2 Å². The molecule has 0 aliphatic carbocycles. The van der Waals surface area contributed by atoms with Gasteiger partial charge in [-0.1, -0.05) is 35.3 Å². The molecule has 0 heterocycles. The summed E-state index contributed by atoms with van der Waals surface area (Å²) in [6.07, 6.45) is -0.927. The molecule has 2 aromatic rings. The summed E-state index contributed by atoms with van der Waals surface area (Å²) in [5, 5.41) is 10.2. The number of aliphatic hydroxyl groups is 1. The third kappa shape index (κ3) is 3.44. The molecule has 0 fully saturated rings. The minimum atomic E-state index is -1.01. The van der Waals surface area contributed by atoms with E-state index < -0.39 is 17.7 Å². The zero-order valence-electron chi connectivity index (χ0n) is 9.71. The Balaban J connectivity index is 2.25. The zero-order chi connectivity index (χ0) is 14.0. The van der Waals surface area contributed by atoms with Crippen LogP contribution in [0.4, 0.5) is 8.78 Å². The second-order valence-electron chi connectivity index (χ2n) is 4.14. The van der Waals surface area contributed by atoms with Gasteiger partial charge in [-0.05, 0) is 35.4 Å². The quantitative estimate of drug-likeness (QED) is 0.882. The molecule has 0 aliphatic rings. The Labute approximate surface area is 119 Å². The van der Waals surface area contributed by atoms with Gasteiger partial charge >= 0.3 is 0 Å². The molecule has 0 spiro atoms. The smallest absolute Gasteiger partial charge is 0.142 e. The molecule has 0 radical (unpaired) electrons. The molecule has 1 unspecified atom stereocenters. The van der Waals surface area contributed by atoms with Crippen molar-refractivity contribution in [3.05, 3.63) is 69.2 Å². The summed E-state index contributed by atoms with van der Waals surface area (Å²) in [4.78, 5) is 0. The third-order valence-corrected chi connectivity index (χ3v) is 3.36. The number of rotatable bonds is 3. The maximum Gasteiger partial charge on any atom is 0.142 e. The lowest BCUT2D eigenvalue weighted by Crippen LogP contribution is -2.03. The van der Waals surface area contributed by atoms with Gasteiger partial charge < -0.3 is 5.11 Å². The summed E-state index contributed by atoms with van der Waals surface area (Å²) >= 11 is 11.5. The van der Waals surface area contributed by atoms with Gasteiger partial charge in [0.1, 0.15) is 11.6 Å². The van der Waals surface area contributed by atoms with Gasteiger partial charge in [0.05, 0.1) is 11.1 Å². The van der Waals surface area contributed by atoms with Gasteiger partial charge in [-0.2, -0.15) is 0 Å². The van der Waals surface area contributed by atoms with Gasteiger partial charge in [0.2, 0.25) is 0 Å². The van der Waals surface area contributed by atoms with E-state index in [0.717, 1.165) is 6.07 Å². The van der Waals surface area contributed by atoms with Crippen molar-refractivity contribution in [2.75, 3.05) is 0 Å². The lowest BCUT2D eigenvalue weighted by molar-refractivity contribution is 0.178. The van der Waals surface area contributed by atoms with Gasteiger partial charge in [-0.25, -0.2) is 8.78 Å². The molecule has 1 nitrogen and oxygen atoms in total. The molecule has 0 aromatic heterocycles. The highest BCUT2D eigenvalue weighted by Gasteiger charge is 2.14. The van der Waals surface area contributed by atoms with Crippen molar-refractivity contribution in [2.45, 2.75) is 12.5 Å². The van der Waals surface area contributed by atoms with Crippen molar-refractivity contribution < 1.29 is 13.9 Å². The molecule has 1 N–H and O–H groups in total. The number of benzene rings is 2. The summed E-state index contributed by atoms with van der Waals surface area (Å²) in [7, 11) is 0. The van der Waals surface area contributed by atoms with Crippen LogP contribution in [0.25, 0.3) is 0 Å². The molecule has 2 aromatic carbocycles. The fraction of sp³-hybridized carbons (Fsp3) is 0.143. The Morgan fingerprint density at radius 3 is 2.53 bits per heavy atom. The standard InChI is InChI=1S/C14H10Cl2F2O/c15-10-4-9(5-11(17)7-10)13(19)6-8-2-1-3-12(18)14(8)16/h1-5,7,13,19H,6H2. The second kappa shape index (κ2) is 5.87. The van der Waals surface area contributed by atoms with E-state index in [2.05, 4.69) is 0 Å². The second-order valence-corrected chi connectivity index (χ2v) is 4.95. The highest BCUT2D eigenvalue weighted by atomic mass is 35.5. The van der Waals surface area contributed by atoms with Gasteiger partial charge in [-0.15, -0.1) is 0 Å². The molecule has 100 valence electrons. The average Bonchev–Trinajstić information content (AvgIpc) is 2.33. The van der Waals surface area contributed by atoms with E-state index in [1.807, 2.05) is 0 Å². The number of halogens is 4. The first-order chi connectivity index (χ1) is 8.97. The Kier molecular flexibility index (Phi) is 4.40. The van der Waals surface area contributed by atoms with Crippen molar-refractivity contribution in [3.8, 4) is 0 Å². The Hall–Kier alpha value is -1.16. The molecule has 2 rings (SSSR count). The van der Waals surface area contributed by atoms with Crippen LogP contribution in [-0.2, 0) is 6.42 Å². The highest BCUT2D eigenvalue weighted by Crippen LogP contribution is 2.27. The Bertz CT molecular complexity index is 582. The topological polar surface area (TPSA) is 20.2 Å². The molecule has 5 heteroatoms. The molecular weight excluding hydrogens is 293 g/mol. The number of hydrogen-bond donors (Lipinski definition) is 1. The Morgan fingerprint density at radius 1 is 1.11 bits per heavy atom. The van der Waals surface area contributed by atoms with Crippen molar-refractivity contribution in [2.24, 2.45) is 0 Å². The van der Waals surface area contributed by atoms with Crippen molar-refractivity contribution >= 4 is 23.2 Å². The van der Waals surface area contributed by atoms with Crippen molar-refractivity contribution in [3.63, 3.8) is 0 Å². The fourth-order valence-electron chi connectivity index (χ4n) is 1.80. The van der Waals surface area contributed by atoms with E-state index in [1.54, 1.807) is 6.07 Å². The molecule has 19 heavy (non-hydrogen) atoms. The van der Waals surface area contributed by atoms with E-state index >= 15 is 0 Å². The monoisotopic (exact) mass is 302 g/mol. The van der Waals surface area contributed by atoms with Crippen LogP contribution in [0.2, 0.25) is 10.0 Å². The Morgan fingerprint density at radius 2 is 1.84 bits per heavy atom.